The average molecular weight is 336 g/mol. The Morgan fingerprint density at radius 2 is 1.52 bits per heavy atom. The van der Waals surface area contributed by atoms with E-state index in [2.05, 4.69) is 34.6 Å². The van der Waals surface area contributed by atoms with Crippen molar-refractivity contribution in [3.05, 3.63) is 6.92 Å². The molecule has 0 saturated carbocycles. The maximum Gasteiger partial charge on any atom is 0.324 e. The molecule has 1 unspecified atom stereocenters. The molecule has 6 heteroatoms. The summed E-state index contributed by atoms with van der Waals surface area (Å²) in [6, 6.07) is 1.23. The van der Waals surface area contributed by atoms with Crippen LogP contribution in [-0.2, 0) is 18.3 Å². The predicted molar refractivity (Wildman–Crippen MR) is 93.7 cm³/mol. The van der Waals surface area contributed by atoms with Crippen molar-refractivity contribution < 1.29 is 18.3 Å². The van der Waals surface area contributed by atoms with Crippen LogP contribution in [0.3, 0.4) is 0 Å². The lowest BCUT2D eigenvalue weighted by molar-refractivity contribution is -0.134. The second-order valence-corrected chi connectivity index (χ2v) is 10.5. The first kappa shape index (κ1) is 21.3. The molecular formula is C15H35O4Si2. The Morgan fingerprint density at radius 3 is 1.90 bits per heavy atom. The third kappa shape index (κ3) is 10.6. The molecule has 1 radical (unpaired) electrons. The number of rotatable bonds is 13. The van der Waals surface area contributed by atoms with Gasteiger partial charge in [0.1, 0.15) is 5.91 Å². The van der Waals surface area contributed by atoms with E-state index in [0.29, 0.717) is 5.54 Å². The highest BCUT2D eigenvalue weighted by Gasteiger charge is 2.22. The highest BCUT2D eigenvalue weighted by molar-refractivity contribution is 6.46. The normalized spacial score (nSPS) is 14.4. The molecule has 0 aliphatic rings. The van der Waals surface area contributed by atoms with Gasteiger partial charge in [0.05, 0.1) is 21.7 Å². The molecule has 21 heavy (non-hydrogen) atoms. The SMILES string of the molecule is [CH2]CC(CCC[SiH2]C(OC(C)C)OC(C)C)[SiH](OC)OC. The maximum atomic E-state index is 5.87. The second kappa shape index (κ2) is 12.8. The van der Waals surface area contributed by atoms with Crippen molar-refractivity contribution in [2.75, 3.05) is 14.2 Å². The zero-order chi connectivity index (χ0) is 16.3. The smallest absolute Gasteiger partial charge is 0.324 e. The van der Waals surface area contributed by atoms with Crippen LogP contribution in [0.15, 0.2) is 0 Å². The number of ether oxygens (including phenoxy) is 2. The van der Waals surface area contributed by atoms with Crippen LogP contribution in [0.1, 0.15) is 47.0 Å². The Hall–Kier alpha value is 0.274. The summed E-state index contributed by atoms with van der Waals surface area (Å²) in [7, 11) is 1.59. The van der Waals surface area contributed by atoms with Crippen LogP contribution >= 0.6 is 0 Å². The molecule has 1 atom stereocenters. The lowest BCUT2D eigenvalue weighted by atomic mass is 10.2. The molecule has 0 aromatic heterocycles. The molecule has 0 amide bonds. The highest BCUT2D eigenvalue weighted by Crippen LogP contribution is 2.23. The van der Waals surface area contributed by atoms with Gasteiger partial charge < -0.3 is 18.3 Å². The molecule has 0 aromatic rings. The highest BCUT2D eigenvalue weighted by atomic mass is 28.3. The van der Waals surface area contributed by atoms with E-state index in [1.54, 1.807) is 14.2 Å². The molecule has 0 bridgehead atoms. The van der Waals surface area contributed by atoms with Gasteiger partial charge in [-0.15, -0.1) is 0 Å². The minimum Gasteiger partial charge on any atom is -0.400 e. The molecule has 0 aliphatic heterocycles. The summed E-state index contributed by atoms with van der Waals surface area (Å²) < 4.78 is 22.7. The summed E-state index contributed by atoms with van der Waals surface area (Å²) in [6.45, 7) is 12.3. The van der Waals surface area contributed by atoms with Crippen molar-refractivity contribution in [1.29, 1.82) is 0 Å². The number of hydrogen-bond acceptors (Lipinski definition) is 4. The molecule has 0 N–H and O–H groups in total. The van der Waals surface area contributed by atoms with Crippen molar-refractivity contribution >= 4 is 18.8 Å². The summed E-state index contributed by atoms with van der Waals surface area (Å²) in [5, 5.41) is 0. The number of hydrogen-bond donors (Lipinski definition) is 0. The van der Waals surface area contributed by atoms with E-state index >= 15 is 0 Å². The topological polar surface area (TPSA) is 36.9 Å². The molecule has 0 spiro atoms. The average Bonchev–Trinajstić information content (AvgIpc) is 2.40. The van der Waals surface area contributed by atoms with Gasteiger partial charge >= 0.3 is 9.28 Å². The third-order valence-electron chi connectivity index (χ3n) is 3.33. The first-order valence-electron chi connectivity index (χ1n) is 8.10. The third-order valence-corrected chi connectivity index (χ3v) is 7.46. The first-order chi connectivity index (χ1) is 9.94. The van der Waals surface area contributed by atoms with Gasteiger partial charge in [0, 0.05) is 14.2 Å². The largest absolute Gasteiger partial charge is 0.400 e. The Kier molecular flexibility index (Phi) is 12.9. The van der Waals surface area contributed by atoms with Crippen molar-refractivity contribution in [3.8, 4) is 0 Å². The van der Waals surface area contributed by atoms with Gasteiger partial charge in [0.2, 0.25) is 0 Å². The van der Waals surface area contributed by atoms with Gasteiger partial charge in [-0.05, 0) is 46.1 Å². The molecule has 0 heterocycles. The summed E-state index contributed by atoms with van der Waals surface area (Å²) in [6.07, 6.45) is 3.70. The van der Waals surface area contributed by atoms with Crippen molar-refractivity contribution in [1.82, 2.24) is 0 Å². The van der Waals surface area contributed by atoms with Crippen LogP contribution in [0, 0.1) is 6.92 Å². The Morgan fingerprint density at radius 1 is 1.00 bits per heavy atom. The summed E-state index contributed by atoms with van der Waals surface area (Å²) in [5.41, 5.74) is 0.504. The Balaban J connectivity index is 4.06. The molecule has 0 aliphatic carbocycles. The lowest BCUT2D eigenvalue weighted by Crippen LogP contribution is -2.30. The van der Waals surface area contributed by atoms with Crippen molar-refractivity contribution in [2.24, 2.45) is 0 Å². The van der Waals surface area contributed by atoms with Gasteiger partial charge in [0.15, 0.2) is 0 Å². The van der Waals surface area contributed by atoms with Gasteiger partial charge in [-0.25, -0.2) is 0 Å². The van der Waals surface area contributed by atoms with Crippen LogP contribution < -0.4 is 0 Å². The fourth-order valence-electron chi connectivity index (χ4n) is 2.39. The summed E-state index contributed by atoms with van der Waals surface area (Å²) >= 11 is 0. The van der Waals surface area contributed by atoms with E-state index in [-0.39, 0.29) is 27.6 Å². The fraction of sp³-hybridized carbons (Fsp3) is 0.933. The van der Waals surface area contributed by atoms with Crippen LogP contribution in [0.25, 0.3) is 0 Å². The molecule has 4 nitrogen and oxygen atoms in total. The molecule has 0 rings (SSSR count). The zero-order valence-electron chi connectivity index (χ0n) is 14.8. The second-order valence-electron chi connectivity index (χ2n) is 5.97. The van der Waals surface area contributed by atoms with Gasteiger partial charge in [0.25, 0.3) is 0 Å². The molecule has 127 valence electrons. The molecule has 0 fully saturated rings. The maximum absolute atomic E-state index is 5.87. The minimum atomic E-state index is -1.53. The van der Waals surface area contributed by atoms with E-state index < -0.39 is 9.28 Å². The van der Waals surface area contributed by atoms with Crippen molar-refractivity contribution in [3.63, 3.8) is 0 Å². The zero-order valence-corrected chi connectivity index (χ0v) is 17.3. The summed E-state index contributed by atoms with van der Waals surface area (Å²) in [5.74, 6) is 0.0427. The van der Waals surface area contributed by atoms with Crippen molar-refractivity contribution in [2.45, 2.75) is 76.7 Å². The van der Waals surface area contributed by atoms with Gasteiger partial charge in [-0.2, -0.15) is 0 Å². The van der Waals surface area contributed by atoms with Gasteiger partial charge in [-0.3, -0.25) is 0 Å². The summed E-state index contributed by atoms with van der Waals surface area (Å²) in [4.78, 5) is 0. The first-order valence-corrected chi connectivity index (χ1v) is 11.5. The van der Waals surface area contributed by atoms with E-state index in [1.165, 1.54) is 12.5 Å². The van der Waals surface area contributed by atoms with E-state index in [9.17, 15) is 0 Å². The Labute approximate surface area is 135 Å². The molecule has 0 aromatic carbocycles. The van der Waals surface area contributed by atoms with E-state index in [1.807, 2.05) is 0 Å². The molecular weight excluding hydrogens is 300 g/mol. The van der Waals surface area contributed by atoms with Crippen LogP contribution in [0.5, 0.6) is 0 Å². The van der Waals surface area contributed by atoms with Crippen LogP contribution in [-0.4, -0.2) is 51.1 Å². The predicted octanol–water partition coefficient (Wildman–Crippen LogP) is 2.59. The van der Waals surface area contributed by atoms with Crippen LogP contribution in [0.4, 0.5) is 0 Å². The lowest BCUT2D eigenvalue weighted by Gasteiger charge is -2.24. The molecule has 0 saturated heterocycles. The monoisotopic (exact) mass is 335 g/mol. The standard InChI is InChI=1S/C15H35O4Si2/c1-8-14(21(16-6)17-7)10-9-11-20-15(18-12(2)3)19-13(4)5/h12-15,21H,1,8-11,20H2,2-7H3. The minimum absolute atomic E-state index is 0.0427. The van der Waals surface area contributed by atoms with E-state index in [4.69, 9.17) is 18.3 Å². The fourth-order valence-corrected chi connectivity index (χ4v) is 6.09. The quantitative estimate of drug-likeness (QED) is 0.294. The van der Waals surface area contributed by atoms with E-state index in [0.717, 1.165) is 12.8 Å². The van der Waals surface area contributed by atoms with Crippen LogP contribution in [0.2, 0.25) is 11.6 Å². The van der Waals surface area contributed by atoms with Gasteiger partial charge in [-0.1, -0.05) is 19.4 Å². The Bertz CT molecular complexity index is 226.